The highest BCUT2D eigenvalue weighted by molar-refractivity contribution is 6.28. The topological polar surface area (TPSA) is 62.2 Å². The minimum atomic E-state index is -0.586. The highest BCUT2D eigenvalue weighted by Crippen LogP contribution is 2.18. The first-order chi connectivity index (χ1) is 6.67. The number of hydrogen-bond acceptors (Lipinski definition) is 2. The molecule has 1 rings (SSSR count). The number of amidine groups is 1. The van der Waals surface area contributed by atoms with E-state index >= 15 is 0 Å². The van der Waals surface area contributed by atoms with E-state index in [4.69, 9.17) is 22.6 Å². The summed E-state index contributed by atoms with van der Waals surface area (Å²) >= 11 is 5.38. The van der Waals surface area contributed by atoms with Crippen LogP contribution in [-0.4, -0.2) is 11.7 Å². The van der Waals surface area contributed by atoms with Crippen LogP contribution in [0.25, 0.3) is 0 Å². The molecule has 14 heavy (non-hydrogen) atoms. The Bertz CT molecular complexity index is 409. The van der Waals surface area contributed by atoms with Crippen molar-refractivity contribution in [1.82, 2.24) is 0 Å². The number of benzene rings is 1. The minimum absolute atomic E-state index is 0.0411. The molecule has 0 aromatic heterocycles. The number of halogens is 2. The summed E-state index contributed by atoms with van der Waals surface area (Å²) in [6, 6.07) is 5.76. The largest absolute Gasteiger partial charge is 0.386 e. The second-order valence-corrected chi connectivity index (χ2v) is 2.78. The van der Waals surface area contributed by atoms with Crippen molar-refractivity contribution in [2.24, 2.45) is 10.7 Å². The Balaban J connectivity index is 3.08. The van der Waals surface area contributed by atoms with Gasteiger partial charge in [-0.1, -0.05) is 0 Å². The molecule has 0 aliphatic rings. The van der Waals surface area contributed by atoms with Crippen molar-refractivity contribution < 1.29 is 4.39 Å². The Labute approximate surface area is 85.6 Å². The van der Waals surface area contributed by atoms with Gasteiger partial charge >= 0.3 is 0 Å². The molecule has 0 saturated heterocycles. The van der Waals surface area contributed by atoms with Gasteiger partial charge in [-0.05, 0) is 18.2 Å². The van der Waals surface area contributed by atoms with Gasteiger partial charge in [0, 0.05) is 0 Å². The fourth-order valence-electron chi connectivity index (χ4n) is 0.852. The van der Waals surface area contributed by atoms with Crippen molar-refractivity contribution >= 4 is 23.1 Å². The number of alkyl halides is 1. The van der Waals surface area contributed by atoms with E-state index in [1.165, 1.54) is 12.1 Å². The summed E-state index contributed by atoms with van der Waals surface area (Å²) in [5.74, 6) is -0.410. The maximum atomic E-state index is 13.2. The van der Waals surface area contributed by atoms with Gasteiger partial charge < -0.3 is 5.73 Å². The van der Waals surface area contributed by atoms with Crippen LogP contribution in [0.15, 0.2) is 23.2 Å². The molecule has 0 aliphatic carbocycles. The smallest absolute Gasteiger partial charge is 0.150 e. The van der Waals surface area contributed by atoms with Gasteiger partial charge in [0.2, 0.25) is 0 Å². The fraction of sp³-hybridized carbons (Fsp3) is 0.111. The molecule has 72 valence electrons. The van der Waals surface area contributed by atoms with E-state index in [0.717, 1.165) is 6.07 Å². The van der Waals surface area contributed by atoms with Crippen molar-refractivity contribution in [3.63, 3.8) is 0 Å². The molecule has 0 amide bonds. The maximum Gasteiger partial charge on any atom is 0.150 e. The number of hydrogen-bond donors (Lipinski definition) is 1. The van der Waals surface area contributed by atoms with Gasteiger partial charge in [-0.3, -0.25) is 0 Å². The quantitative estimate of drug-likeness (QED) is 0.462. The summed E-state index contributed by atoms with van der Waals surface area (Å²) in [7, 11) is 0. The monoisotopic (exact) mass is 211 g/mol. The molecule has 2 N–H and O–H groups in total. The zero-order valence-electron chi connectivity index (χ0n) is 7.17. The second-order valence-electron chi connectivity index (χ2n) is 2.51. The molecule has 0 heterocycles. The molecule has 0 spiro atoms. The highest BCUT2D eigenvalue weighted by Gasteiger charge is 2.02. The van der Waals surface area contributed by atoms with Gasteiger partial charge in [-0.25, -0.2) is 9.38 Å². The molecule has 0 aliphatic heterocycles. The third kappa shape index (κ3) is 2.44. The average molecular weight is 212 g/mol. The average Bonchev–Trinajstić information content (AvgIpc) is 2.20. The molecule has 0 unspecified atom stereocenters. The lowest BCUT2D eigenvalue weighted by molar-refractivity contribution is 0.629. The summed E-state index contributed by atoms with van der Waals surface area (Å²) in [5, 5.41) is 8.48. The molecule has 0 radical (unpaired) electrons. The molecule has 5 heteroatoms. The minimum Gasteiger partial charge on any atom is -0.386 e. The van der Waals surface area contributed by atoms with Crippen LogP contribution in [0.3, 0.4) is 0 Å². The number of aliphatic imine (C=N–C) groups is 1. The molecule has 0 atom stereocenters. The first kappa shape index (κ1) is 10.5. The van der Waals surface area contributed by atoms with E-state index in [1.54, 1.807) is 0 Å². The lowest BCUT2D eigenvalue weighted by Crippen LogP contribution is -2.12. The second kappa shape index (κ2) is 4.58. The predicted molar refractivity (Wildman–Crippen MR) is 53.1 cm³/mol. The van der Waals surface area contributed by atoms with Crippen LogP contribution >= 0.6 is 11.6 Å². The van der Waals surface area contributed by atoms with Gasteiger partial charge in [0.1, 0.15) is 17.3 Å². The van der Waals surface area contributed by atoms with Crippen LogP contribution in [0.5, 0.6) is 0 Å². The molecule has 1 aromatic rings. The summed E-state index contributed by atoms with van der Waals surface area (Å²) in [6.07, 6.45) is 0. The Hall–Kier alpha value is -1.60. The van der Waals surface area contributed by atoms with Gasteiger partial charge in [-0.15, -0.1) is 11.6 Å². The van der Waals surface area contributed by atoms with E-state index in [2.05, 4.69) is 4.99 Å². The molecule has 0 saturated carbocycles. The predicted octanol–water partition coefficient (Wildman–Crippen LogP) is 1.92. The van der Waals surface area contributed by atoms with E-state index < -0.39 is 5.82 Å². The van der Waals surface area contributed by atoms with Gasteiger partial charge in [0.25, 0.3) is 0 Å². The normalized spacial score (nSPS) is 11.1. The van der Waals surface area contributed by atoms with Crippen molar-refractivity contribution in [3.05, 3.63) is 29.6 Å². The van der Waals surface area contributed by atoms with E-state index in [9.17, 15) is 4.39 Å². The zero-order valence-corrected chi connectivity index (χ0v) is 7.92. The molecule has 3 nitrogen and oxygen atoms in total. The van der Waals surface area contributed by atoms with Gasteiger partial charge in [0.15, 0.2) is 0 Å². The third-order valence-electron chi connectivity index (χ3n) is 1.48. The number of nitrogens with two attached hydrogens (primary N) is 1. The Morgan fingerprint density at radius 1 is 1.64 bits per heavy atom. The number of nitriles is 1. The van der Waals surface area contributed by atoms with Crippen LogP contribution in [0, 0.1) is 17.1 Å². The van der Waals surface area contributed by atoms with Gasteiger partial charge in [0.05, 0.1) is 17.5 Å². The first-order valence-electron chi connectivity index (χ1n) is 3.76. The summed E-state index contributed by atoms with van der Waals surface area (Å²) in [4.78, 5) is 3.73. The molecular weight excluding hydrogens is 205 g/mol. The highest BCUT2D eigenvalue weighted by atomic mass is 35.5. The molecule has 0 bridgehead atoms. The molecule has 1 aromatic carbocycles. The van der Waals surface area contributed by atoms with E-state index in [1.807, 2.05) is 6.07 Å². The van der Waals surface area contributed by atoms with E-state index in [0.29, 0.717) is 0 Å². The van der Waals surface area contributed by atoms with Crippen LogP contribution in [-0.2, 0) is 0 Å². The number of nitrogens with zero attached hydrogens (tertiary/aromatic N) is 2. The third-order valence-corrected chi connectivity index (χ3v) is 1.75. The maximum absolute atomic E-state index is 13.2. The Morgan fingerprint density at radius 2 is 2.36 bits per heavy atom. The van der Waals surface area contributed by atoms with Crippen LogP contribution in [0.4, 0.5) is 10.1 Å². The van der Waals surface area contributed by atoms with Crippen molar-refractivity contribution in [1.29, 1.82) is 5.26 Å². The van der Waals surface area contributed by atoms with Crippen LogP contribution < -0.4 is 5.73 Å². The number of rotatable bonds is 2. The fourth-order valence-corrected chi connectivity index (χ4v) is 0.911. The lowest BCUT2D eigenvalue weighted by Gasteiger charge is -1.98. The van der Waals surface area contributed by atoms with Gasteiger partial charge in [-0.2, -0.15) is 5.26 Å². The lowest BCUT2D eigenvalue weighted by atomic mass is 10.2. The Morgan fingerprint density at radius 3 is 2.86 bits per heavy atom. The van der Waals surface area contributed by atoms with Crippen molar-refractivity contribution in [2.45, 2.75) is 0 Å². The SMILES string of the molecule is N#Cc1ccc(N=C(N)CCl)c(F)c1. The zero-order chi connectivity index (χ0) is 10.6. The standard InChI is InChI=1S/C9H7ClFN3/c10-4-9(13)14-8-2-1-6(5-12)3-7(8)11/h1-3H,4H2,(H2,13,14). The van der Waals surface area contributed by atoms with Crippen LogP contribution in [0.2, 0.25) is 0 Å². The van der Waals surface area contributed by atoms with Crippen molar-refractivity contribution in [3.8, 4) is 6.07 Å². The summed E-state index contributed by atoms with van der Waals surface area (Å²) in [6.45, 7) is 0. The van der Waals surface area contributed by atoms with Crippen LogP contribution in [0.1, 0.15) is 5.56 Å². The Kier molecular flexibility index (Phi) is 3.43. The molecular formula is C9H7ClFN3. The summed E-state index contributed by atoms with van der Waals surface area (Å²) in [5.41, 5.74) is 5.66. The first-order valence-corrected chi connectivity index (χ1v) is 4.29. The summed E-state index contributed by atoms with van der Waals surface area (Å²) < 4.78 is 13.2. The molecule has 0 fully saturated rings. The van der Waals surface area contributed by atoms with Crippen molar-refractivity contribution in [2.75, 3.05) is 5.88 Å². The van der Waals surface area contributed by atoms with E-state index in [-0.39, 0.29) is 23.0 Å².